The van der Waals surface area contributed by atoms with Crippen LogP contribution in [0.25, 0.3) is 0 Å². The summed E-state index contributed by atoms with van der Waals surface area (Å²) in [4.78, 5) is 0. The molecular formula is C13H27ClN2O2S. The Morgan fingerprint density at radius 3 is 2.63 bits per heavy atom. The van der Waals surface area contributed by atoms with Crippen LogP contribution in [0.3, 0.4) is 0 Å². The molecule has 2 rings (SSSR count). The molecule has 2 heterocycles. The fraction of sp³-hybridized carbons (Fsp3) is 1.00. The van der Waals surface area contributed by atoms with E-state index in [0.29, 0.717) is 30.9 Å². The van der Waals surface area contributed by atoms with Crippen LogP contribution in [0.15, 0.2) is 0 Å². The van der Waals surface area contributed by atoms with Gasteiger partial charge in [0.1, 0.15) is 0 Å². The van der Waals surface area contributed by atoms with Crippen LogP contribution >= 0.6 is 12.4 Å². The lowest BCUT2D eigenvalue weighted by Gasteiger charge is -2.25. The number of fused-ring (bicyclic) bond motifs is 2. The topological polar surface area (TPSA) is 49.4 Å². The molecule has 0 aromatic carbocycles. The van der Waals surface area contributed by atoms with Crippen LogP contribution < -0.4 is 5.32 Å². The number of sulfonamides is 1. The second-order valence-corrected chi connectivity index (χ2v) is 7.97. The molecular weight excluding hydrogens is 284 g/mol. The zero-order valence-electron chi connectivity index (χ0n) is 12.0. The van der Waals surface area contributed by atoms with E-state index in [-0.39, 0.29) is 18.3 Å². The summed E-state index contributed by atoms with van der Waals surface area (Å²) in [6.07, 6.45) is 5.37. The summed E-state index contributed by atoms with van der Waals surface area (Å²) in [7, 11) is -3.06. The third-order valence-corrected chi connectivity index (χ3v) is 6.26. The fourth-order valence-corrected chi connectivity index (χ4v) is 5.09. The second-order valence-electron chi connectivity index (χ2n) is 5.96. The van der Waals surface area contributed by atoms with Crippen LogP contribution in [0, 0.1) is 5.92 Å². The summed E-state index contributed by atoms with van der Waals surface area (Å²) in [5.41, 5.74) is 0. The lowest BCUT2D eigenvalue weighted by Crippen LogP contribution is -2.41. The minimum atomic E-state index is -3.06. The van der Waals surface area contributed by atoms with Gasteiger partial charge < -0.3 is 5.32 Å². The molecule has 1 N–H and O–H groups in total. The van der Waals surface area contributed by atoms with Gasteiger partial charge in [0.25, 0.3) is 0 Å². The van der Waals surface area contributed by atoms with Crippen molar-refractivity contribution in [2.24, 2.45) is 5.92 Å². The highest BCUT2D eigenvalue weighted by Gasteiger charge is 2.34. The van der Waals surface area contributed by atoms with E-state index in [0.717, 1.165) is 25.7 Å². The van der Waals surface area contributed by atoms with Gasteiger partial charge >= 0.3 is 0 Å². The zero-order valence-corrected chi connectivity index (χ0v) is 13.6. The van der Waals surface area contributed by atoms with Crippen molar-refractivity contribution in [3.8, 4) is 0 Å². The molecule has 0 aromatic heterocycles. The van der Waals surface area contributed by atoms with Gasteiger partial charge in [-0.3, -0.25) is 0 Å². The summed E-state index contributed by atoms with van der Waals surface area (Å²) in [6, 6.07) is 0.928. The second kappa shape index (κ2) is 7.25. The minimum Gasteiger partial charge on any atom is -0.310 e. The molecule has 0 spiro atoms. The normalized spacial score (nSPS) is 29.6. The Bertz CT molecular complexity index is 375. The Morgan fingerprint density at radius 2 is 1.95 bits per heavy atom. The fourth-order valence-electron chi connectivity index (χ4n) is 3.20. The number of nitrogens with zero attached hydrogens (tertiary/aromatic N) is 1. The van der Waals surface area contributed by atoms with E-state index in [2.05, 4.69) is 12.2 Å². The minimum absolute atomic E-state index is 0. The molecule has 114 valence electrons. The molecule has 2 saturated heterocycles. The van der Waals surface area contributed by atoms with Gasteiger partial charge in [0.05, 0.1) is 5.75 Å². The van der Waals surface area contributed by atoms with Crippen molar-refractivity contribution >= 4 is 22.4 Å². The lowest BCUT2D eigenvalue weighted by atomic mass is 10.1. The molecule has 2 fully saturated rings. The predicted octanol–water partition coefficient (Wildman–Crippen LogP) is 2.00. The number of hydrogen-bond donors (Lipinski definition) is 1. The molecule has 2 aliphatic rings. The van der Waals surface area contributed by atoms with Crippen LogP contribution in [-0.4, -0.2) is 43.6 Å². The van der Waals surface area contributed by atoms with E-state index in [1.807, 2.05) is 6.92 Å². The number of halogens is 1. The maximum Gasteiger partial charge on any atom is 0.214 e. The standard InChI is InChI=1S/C13H26N2O2S.ClH/c1-3-4-11(2)10-18(16,17)15-8-7-12-5-6-13(9-15)14-12;/h11-14H,3-10H2,1-2H3;1H. The Balaban J connectivity index is 0.00000180. The number of nitrogens with one attached hydrogen (secondary N) is 1. The van der Waals surface area contributed by atoms with Gasteiger partial charge in [0.15, 0.2) is 0 Å². The van der Waals surface area contributed by atoms with E-state index >= 15 is 0 Å². The molecule has 0 radical (unpaired) electrons. The van der Waals surface area contributed by atoms with Crippen LogP contribution in [-0.2, 0) is 10.0 Å². The van der Waals surface area contributed by atoms with E-state index in [1.165, 1.54) is 6.42 Å². The smallest absolute Gasteiger partial charge is 0.214 e. The highest BCUT2D eigenvalue weighted by Crippen LogP contribution is 2.23. The third kappa shape index (κ3) is 4.59. The van der Waals surface area contributed by atoms with Gasteiger partial charge in [-0.15, -0.1) is 12.4 Å². The van der Waals surface area contributed by atoms with E-state index in [9.17, 15) is 8.42 Å². The van der Waals surface area contributed by atoms with Crippen LogP contribution in [0.4, 0.5) is 0 Å². The van der Waals surface area contributed by atoms with Crippen molar-refractivity contribution < 1.29 is 8.42 Å². The van der Waals surface area contributed by atoms with Gasteiger partial charge in [-0.05, 0) is 31.6 Å². The maximum atomic E-state index is 12.4. The maximum absolute atomic E-state index is 12.4. The summed E-state index contributed by atoms with van der Waals surface area (Å²) in [5, 5.41) is 3.53. The SMILES string of the molecule is CCCC(C)CS(=O)(=O)N1CCC2CCC(C1)N2.Cl. The molecule has 0 aromatic rings. The molecule has 19 heavy (non-hydrogen) atoms. The van der Waals surface area contributed by atoms with E-state index in [4.69, 9.17) is 0 Å². The predicted molar refractivity (Wildman–Crippen MR) is 81.2 cm³/mol. The molecule has 0 aliphatic carbocycles. The van der Waals surface area contributed by atoms with Crippen molar-refractivity contribution in [2.45, 2.75) is 58.0 Å². The van der Waals surface area contributed by atoms with E-state index in [1.54, 1.807) is 4.31 Å². The first-order valence-corrected chi connectivity index (χ1v) is 8.86. The van der Waals surface area contributed by atoms with Crippen molar-refractivity contribution in [1.29, 1.82) is 0 Å². The van der Waals surface area contributed by atoms with Gasteiger partial charge in [0, 0.05) is 25.2 Å². The van der Waals surface area contributed by atoms with Crippen molar-refractivity contribution in [1.82, 2.24) is 9.62 Å². The first-order valence-electron chi connectivity index (χ1n) is 7.25. The average Bonchev–Trinajstić information content (AvgIpc) is 2.56. The summed E-state index contributed by atoms with van der Waals surface area (Å²) < 4.78 is 26.5. The summed E-state index contributed by atoms with van der Waals surface area (Å²) >= 11 is 0. The molecule has 0 saturated carbocycles. The number of hydrogen-bond acceptors (Lipinski definition) is 3. The van der Waals surface area contributed by atoms with Crippen molar-refractivity contribution in [2.75, 3.05) is 18.8 Å². The van der Waals surface area contributed by atoms with E-state index < -0.39 is 10.0 Å². The highest BCUT2D eigenvalue weighted by atomic mass is 35.5. The third-order valence-electron chi connectivity index (χ3n) is 4.16. The van der Waals surface area contributed by atoms with Gasteiger partial charge in [-0.25, -0.2) is 12.7 Å². The first-order chi connectivity index (χ1) is 8.51. The molecule has 4 nitrogen and oxygen atoms in total. The Hall–Kier alpha value is 0.160. The largest absolute Gasteiger partial charge is 0.310 e. The number of rotatable bonds is 5. The molecule has 3 unspecified atom stereocenters. The quantitative estimate of drug-likeness (QED) is 0.845. The van der Waals surface area contributed by atoms with Crippen LogP contribution in [0.2, 0.25) is 0 Å². The Kier molecular flexibility index (Phi) is 6.57. The van der Waals surface area contributed by atoms with Gasteiger partial charge in [0.2, 0.25) is 10.0 Å². The molecule has 6 heteroatoms. The molecule has 2 bridgehead atoms. The lowest BCUT2D eigenvalue weighted by molar-refractivity contribution is 0.378. The van der Waals surface area contributed by atoms with Crippen LogP contribution in [0.5, 0.6) is 0 Å². The Morgan fingerprint density at radius 1 is 1.26 bits per heavy atom. The van der Waals surface area contributed by atoms with Crippen molar-refractivity contribution in [3.63, 3.8) is 0 Å². The molecule has 3 atom stereocenters. The van der Waals surface area contributed by atoms with Gasteiger partial charge in [-0.1, -0.05) is 20.3 Å². The van der Waals surface area contributed by atoms with Gasteiger partial charge in [-0.2, -0.15) is 0 Å². The summed E-state index contributed by atoms with van der Waals surface area (Å²) in [6.45, 7) is 5.54. The summed E-state index contributed by atoms with van der Waals surface area (Å²) in [5.74, 6) is 0.589. The first kappa shape index (κ1) is 17.2. The van der Waals surface area contributed by atoms with Crippen molar-refractivity contribution in [3.05, 3.63) is 0 Å². The Labute approximate surface area is 123 Å². The monoisotopic (exact) mass is 310 g/mol. The highest BCUT2D eigenvalue weighted by molar-refractivity contribution is 7.89. The zero-order chi connectivity index (χ0) is 13.2. The molecule has 0 amide bonds. The average molecular weight is 311 g/mol. The molecule has 2 aliphatic heterocycles. The van der Waals surface area contributed by atoms with Crippen LogP contribution in [0.1, 0.15) is 46.0 Å².